The number of carbonyl (C=O) groups excluding carboxylic acids is 2. The minimum Gasteiger partial charge on any atom is -0.490 e. The van der Waals surface area contributed by atoms with E-state index < -0.39 is 24.5 Å². The number of hydrazone groups is 1. The summed E-state index contributed by atoms with van der Waals surface area (Å²) in [6.45, 7) is 1.34. The number of alkyl halides is 3. The van der Waals surface area contributed by atoms with E-state index in [1.807, 2.05) is 0 Å². The maximum absolute atomic E-state index is 13.4. The normalized spacial score (nSPS) is 11.6. The van der Waals surface area contributed by atoms with Crippen molar-refractivity contribution >= 4 is 29.1 Å². The number of amides is 2. The van der Waals surface area contributed by atoms with Gasteiger partial charge in [0.05, 0.1) is 23.9 Å². The molecule has 0 fully saturated rings. The molecule has 0 aliphatic rings. The molecule has 2 amide bonds. The summed E-state index contributed by atoms with van der Waals surface area (Å²) < 4.78 is 52.0. The van der Waals surface area contributed by atoms with Crippen molar-refractivity contribution in [3.05, 3.63) is 53.9 Å². The van der Waals surface area contributed by atoms with Crippen LogP contribution in [0.25, 0.3) is 11.0 Å². The number of hydrogen-bond donors (Lipinski definition) is 1. The molecule has 0 spiro atoms. The van der Waals surface area contributed by atoms with Gasteiger partial charge in [0.25, 0.3) is 11.8 Å². The number of nitrogens with one attached hydrogen (secondary N) is 1. The zero-order valence-electron chi connectivity index (χ0n) is 19.3. The molecule has 35 heavy (non-hydrogen) atoms. The molecule has 0 saturated carbocycles. The molecule has 1 N–H and O–H groups in total. The van der Waals surface area contributed by atoms with Gasteiger partial charge in [0.2, 0.25) is 5.82 Å². The van der Waals surface area contributed by atoms with Crippen LogP contribution in [0.15, 0.2) is 47.6 Å². The van der Waals surface area contributed by atoms with Gasteiger partial charge in [-0.3, -0.25) is 9.59 Å². The third kappa shape index (κ3) is 6.49. The van der Waals surface area contributed by atoms with Crippen LogP contribution in [0.4, 0.5) is 13.2 Å². The van der Waals surface area contributed by atoms with Crippen LogP contribution in [0, 0.1) is 0 Å². The number of likely N-dealkylation sites (N-methyl/N-ethyl adjacent to an activating group) is 1. The van der Waals surface area contributed by atoms with Crippen LogP contribution in [-0.4, -0.2) is 59.8 Å². The van der Waals surface area contributed by atoms with Crippen LogP contribution >= 0.6 is 0 Å². The molecule has 1 aromatic heterocycles. The third-order valence-electron chi connectivity index (χ3n) is 4.73. The zero-order valence-corrected chi connectivity index (χ0v) is 19.3. The number of fused-ring (bicyclic) bond motifs is 1. The summed E-state index contributed by atoms with van der Waals surface area (Å²) in [7, 11) is 3.23. The molecular weight excluding hydrogens is 467 g/mol. The second-order valence-corrected chi connectivity index (χ2v) is 7.52. The van der Waals surface area contributed by atoms with Gasteiger partial charge < -0.3 is 18.9 Å². The molecule has 0 saturated heterocycles. The summed E-state index contributed by atoms with van der Waals surface area (Å²) in [5.41, 5.74) is 3.07. The molecule has 186 valence electrons. The molecule has 0 radical (unpaired) electrons. The van der Waals surface area contributed by atoms with Crippen LogP contribution < -0.4 is 14.9 Å². The highest BCUT2D eigenvalue weighted by Crippen LogP contribution is 2.31. The lowest BCUT2D eigenvalue weighted by molar-refractivity contribution is -0.147. The first-order valence-corrected chi connectivity index (χ1v) is 10.5. The lowest BCUT2D eigenvalue weighted by Crippen LogP contribution is -2.27. The van der Waals surface area contributed by atoms with E-state index in [1.54, 1.807) is 51.4 Å². The number of aromatic nitrogens is 2. The first kappa shape index (κ1) is 25.5. The molecule has 0 atom stereocenters. The van der Waals surface area contributed by atoms with Crippen molar-refractivity contribution in [2.24, 2.45) is 5.10 Å². The Bertz CT molecular complexity index is 1240. The first-order chi connectivity index (χ1) is 16.6. The minimum atomic E-state index is -4.72. The van der Waals surface area contributed by atoms with Crippen LogP contribution in [0.5, 0.6) is 11.5 Å². The molecule has 0 bridgehead atoms. The van der Waals surface area contributed by atoms with Crippen LogP contribution in [0.1, 0.15) is 18.3 Å². The quantitative estimate of drug-likeness (QED) is 0.367. The smallest absolute Gasteiger partial charge is 0.449 e. The molecule has 0 unspecified atom stereocenters. The van der Waals surface area contributed by atoms with E-state index in [1.165, 1.54) is 23.2 Å². The Morgan fingerprint density at radius 1 is 1.14 bits per heavy atom. The summed E-state index contributed by atoms with van der Waals surface area (Å²) in [6, 6.07) is 10.8. The zero-order chi connectivity index (χ0) is 25.6. The summed E-state index contributed by atoms with van der Waals surface area (Å²) in [5.74, 6) is -1.42. The molecule has 3 aromatic rings. The van der Waals surface area contributed by atoms with Gasteiger partial charge in [-0.2, -0.15) is 18.3 Å². The molecule has 12 heteroatoms. The lowest BCUT2D eigenvalue weighted by Gasteiger charge is -2.14. The van der Waals surface area contributed by atoms with Crippen molar-refractivity contribution < 1.29 is 32.2 Å². The predicted molar refractivity (Wildman–Crippen MR) is 122 cm³/mol. The van der Waals surface area contributed by atoms with Gasteiger partial charge in [-0.1, -0.05) is 12.1 Å². The maximum Gasteiger partial charge on any atom is 0.449 e. The first-order valence-electron chi connectivity index (χ1n) is 10.5. The van der Waals surface area contributed by atoms with E-state index in [0.717, 1.165) is 4.57 Å². The van der Waals surface area contributed by atoms with Gasteiger partial charge in [0, 0.05) is 14.1 Å². The molecule has 1 heterocycles. The highest BCUT2D eigenvalue weighted by Gasteiger charge is 2.38. The number of para-hydroxylation sites is 2. The standard InChI is InChI=1S/C23H24F3N5O4/c1-4-34-19-11-15(9-10-18(19)35-14-21(33)30(2)3)12-27-29-20(32)13-31-17-8-6-5-7-16(17)28-22(31)23(24,25)26/h5-12H,4,13-14H2,1-3H3,(H,29,32)/b27-12+. The van der Waals surface area contributed by atoms with Gasteiger partial charge >= 0.3 is 6.18 Å². The average Bonchev–Trinajstić information content (AvgIpc) is 3.17. The Kier molecular flexibility index (Phi) is 7.94. The van der Waals surface area contributed by atoms with Crippen molar-refractivity contribution in [1.29, 1.82) is 0 Å². The predicted octanol–water partition coefficient (Wildman–Crippen LogP) is 3.07. The van der Waals surface area contributed by atoms with Crippen LogP contribution in [0.2, 0.25) is 0 Å². The van der Waals surface area contributed by atoms with Crippen molar-refractivity contribution in [1.82, 2.24) is 19.9 Å². The van der Waals surface area contributed by atoms with E-state index in [-0.39, 0.29) is 23.5 Å². The SMILES string of the molecule is CCOc1cc(/C=N/NC(=O)Cn2c(C(F)(F)F)nc3ccccc32)ccc1OCC(=O)N(C)C. The highest BCUT2D eigenvalue weighted by molar-refractivity contribution is 5.84. The third-order valence-corrected chi connectivity index (χ3v) is 4.73. The maximum atomic E-state index is 13.4. The molecule has 0 aliphatic carbocycles. The molecule has 3 rings (SSSR count). The Morgan fingerprint density at radius 3 is 2.57 bits per heavy atom. The largest absolute Gasteiger partial charge is 0.490 e. The fourth-order valence-electron chi connectivity index (χ4n) is 3.07. The van der Waals surface area contributed by atoms with E-state index >= 15 is 0 Å². The number of nitrogens with zero attached hydrogens (tertiary/aromatic N) is 4. The van der Waals surface area contributed by atoms with Gasteiger partial charge in [-0.15, -0.1) is 0 Å². The van der Waals surface area contributed by atoms with Crippen LogP contribution in [-0.2, 0) is 22.3 Å². The Labute approximate surface area is 199 Å². The number of halogens is 3. The molecule has 2 aromatic carbocycles. The van der Waals surface area contributed by atoms with E-state index in [9.17, 15) is 22.8 Å². The van der Waals surface area contributed by atoms with Gasteiger partial charge in [-0.05, 0) is 42.8 Å². The summed E-state index contributed by atoms with van der Waals surface area (Å²) >= 11 is 0. The monoisotopic (exact) mass is 491 g/mol. The van der Waals surface area contributed by atoms with Crippen molar-refractivity contribution in [2.45, 2.75) is 19.6 Å². The Balaban J connectivity index is 1.70. The van der Waals surface area contributed by atoms with Crippen molar-refractivity contribution in [3.63, 3.8) is 0 Å². The molecule has 9 nitrogen and oxygen atoms in total. The Hall–Kier alpha value is -4.09. The number of carbonyl (C=O) groups is 2. The van der Waals surface area contributed by atoms with E-state index in [4.69, 9.17) is 9.47 Å². The topological polar surface area (TPSA) is 98.0 Å². The molecular formula is C23H24F3N5O4. The fraction of sp³-hybridized carbons (Fsp3) is 0.304. The van der Waals surface area contributed by atoms with Gasteiger partial charge in [-0.25, -0.2) is 10.4 Å². The lowest BCUT2D eigenvalue weighted by atomic mass is 10.2. The highest BCUT2D eigenvalue weighted by atomic mass is 19.4. The molecule has 0 aliphatic heterocycles. The number of hydrogen-bond acceptors (Lipinski definition) is 6. The van der Waals surface area contributed by atoms with Gasteiger partial charge in [0.15, 0.2) is 18.1 Å². The second-order valence-electron chi connectivity index (χ2n) is 7.52. The number of imidazole rings is 1. The van der Waals surface area contributed by atoms with E-state index in [2.05, 4.69) is 15.5 Å². The van der Waals surface area contributed by atoms with Crippen molar-refractivity contribution in [3.8, 4) is 11.5 Å². The fourth-order valence-corrected chi connectivity index (χ4v) is 3.07. The number of ether oxygens (including phenoxy) is 2. The van der Waals surface area contributed by atoms with Crippen LogP contribution in [0.3, 0.4) is 0 Å². The summed E-state index contributed by atoms with van der Waals surface area (Å²) in [4.78, 5) is 29.1. The van der Waals surface area contributed by atoms with E-state index in [0.29, 0.717) is 23.7 Å². The summed E-state index contributed by atoms with van der Waals surface area (Å²) in [6.07, 6.45) is -3.41. The number of rotatable bonds is 9. The number of benzene rings is 2. The minimum absolute atomic E-state index is 0.133. The summed E-state index contributed by atoms with van der Waals surface area (Å²) in [5, 5.41) is 3.83. The van der Waals surface area contributed by atoms with Crippen molar-refractivity contribution in [2.75, 3.05) is 27.3 Å². The average molecular weight is 491 g/mol. The van der Waals surface area contributed by atoms with Gasteiger partial charge in [0.1, 0.15) is 6.54 Å². The second kappa shape index (κ2) is 10.9. The Morgan fingerprint density at radius 2 is 1.89 bits per heavy atom.